The summed E-state index contributed by atoms with van der Waals surface area (Å²) < 4.78 is 0. The maximum Gasteiger partial charge on any atom is -0.00106 e. The second kappa shape index (κ2) is 21.4. The lowest BCUT2D eigenvalue weighted by atomic mass is 9.97. The average Bonchev–Trinajstić information content (AvgIpc) is 3.26. The minimum absolute atomic E-state index is 1.09. The summed E-state index contributed by atoms with van der Waals surface area (Å²) in [5, 5.41) is 0. The van der Waals surface area contributed by atoms with Crippen LogP contribution in [-0.4, -0.2) is 0 Å². The van der Waals surface area contributed by atoms with Crippen molar-refractivity contribution >= 4 is 0 Å². The Balaban J connectivity index is 0.0000000973. The molecule has 0 spiro atoms. The quantitative estimate of drug-likeness (QED) is 0.154. The predicted molar refractivity (Wildman–Crippen MR) is 349 cm³/mol. The van der Waals surface area contributed by atoms with Crippen molar-refractivity contribution in [2.24, 2.45) is 0 Å². The normalized spacial score (nSPS) is 12.7. The number of rotatable bonds is 1. The van der Waals surface area contributed by atoms with Crippen LogP contribution in [0.1, 0.15) is 122 Å². The van der Waals surface area contributed by atoms with E-state index in [1.807, 2.05) is 0 Å². The molecule has 0 fully saturated rings. The highest BCUT2D eigenvalue weighted by Crippen LogP contribution is 2.50. The predicted octanol–water partition coefficient (Wildman–Crippen LogP) is 20.9. The molecule has 0 nitrogen and oxygen atoms in total. The smallest absolute Gasteiger partial charge is 0.00106 e. The molecule has 0 bridgehead atoms. The van der Waals surface area contributed by atoms with Gasteiger partial charge in [-0.2, -0.15) is 0 Å². The van der Waals surface area contributed by atoms with Gasteiger partial charge in [0.25, 0.3) is 0 Å². The van der Waals surface area contributed by atoms with Crippen molar-refractivity contribution in [1.82, 2.24) is 0 Å². The summed E-state index contributed by atoms with van der Waals surface area (Å²) in [6.45, 7) is 21.8. The van der Waals surface area contributed by atoms with Crippen molar-refractivity contribution in [2.45, 2.75) is 108 Å². The topological polar surface area (TPSA) is 0 Å². The van der Waals surface area contributed by atoms with Crippen LogP contribution >= 0.6 is 0 Å². The van der Waals surface area contributed by atoms with Gasteiger partial charge in [0.05, 0.1) is 0 Å². The Labute approximate surface area is 488 Å². The molecule has 11 aromatic rings. The first-order chi connectivity index (χ1) is 39.7. The van der Waals surface area contributed by atoms with Gasteiger partial charge in [-0.15, -0.1) is 0 Å². The first-order valence-corrected chi connectivity index (χ1v) is 29.8. The monoisotopic (exact) mass is 1060 g/mol. The van der Waals surface area contributed by atoms with Gasteiger partial charge in [-0.1, -0.05) is 227 Å². The van der Waals surface area contributed by atoms with Gasteiger partial charge in [0.15, 0.2) is 0 Å². The largest absolute Gasteiger partial charge is 0.0614 e. The number of hydrogen-bond donors (Lipinski definition) is 0. The Morgan fingerprint density at radius 2 is 0.500 bits per heavy atom. The highest BCUT2D eigenvalue weighted by atomic mass is 14.3. The Kier molecular flexibility index (Phi) is 13.8. The van der Waals surface area contributed by atoms with Crippen molar-refractivity contribution in [2.75, 3.05) is 0 Å². The molecule has 82 heavy (non-hydrogen) atoms. The summed E-state index contributed by atoms with van der Waals surface area (Å²) in [5.74, 6) is 0. The molecular weight excluding hydrogens is 985 g/mol. The van der Waals surface area contributed by atoms with Gasteiger partial charge in [-0.3, -0.25) is 0 Å². The van der Waals surface area contributed by atoms with Crippen LogP contribution in [0, 0.1) is 69.2 Å². The second-order valence-corrected chi connectivity index (χ2v) is 24.7. The third-order valence-corrected chi connectivity index (χ3v) is 18.4. The van der Waals surface area contributed by atoms with Crippen molar-refractivity contribution in [3.63, 3.8) is 0 Å². The summed E-state index contributed by atoms with van der Waals surface area (Å²) in [6, 6.07) is 72.0. The van der Waals surface area contributed by atoms with Gasteiger partial charge in [-0.25, -0.2) is 0 Å². The van der Waals surface area contributed by atoms with E-state index in [2.05, 4.69) is 263 Å². The Bertz CT molecular complexity index is 4140. The van der Waals surface area contributed by atoms with Gasteiger partial charge in [0.1, 0.15) is 0 Å². The lowest BCUT2D eigenvalue weighted by molar-refractivity contribution is 1.14. The van der Waals surface area contributed by atoms with Crippen LogP contribution in [0.2, 0.25) is 0 Å². The maximum atomic E-state index is 2.45. The molecule has 0 aliphatic heterocycles. The lowest BCUT2D eigenvalue weighted by Gasteiger charge is -2.07. The molecule has 11 aromatic carbocycles. The van der Waals surface area contributed by atoms with Crippen LogP contribution in [-0.2, 0) is 38.5 Å². The molecule has 402 valence electrons. The lowest BCUT2D eigenvalue weighted by Crippen LogP contribution is -1.93. The number of fused-ring (bicyclic) bond motifs is 12. The van der Waals surface area contributed by atoms with Crippen LogP contribution in [0.5, 0.6) is 0 Å². The Hall–Kier alpha value is -8.58. The zero-order chi connectivity index (χ0) is 56.5. The summed E-state index contributed by atoms with van der Waals surface area (Å²) in [5.41, 5.74) is 49.2. The number of hydrogen-bond acceptors (Lipinski definition) is 0. The molecule has 6 aliphatic rings. The second-order valence-electron chi connectivity index (χ2n) is 24.7. The number of benzene rings is 11. The van der Waals surface area contributed by atoms with E-state index in [1.54, 1.807) is 33.4 Å². The molecule has 0 unspecified atom stereocenters. The third-order valence-electron chi connectivity index (χ3n) is 18.4. The van der Waals surface area contributed by atoms with E-state index < -0.39 is 0 Å². The average molecular weight is 1060 g/mol. The van der Waals surface area contributed by atoms with Gasteiger partial charge in [0, 0.05) is 0 Å². The summed E-state index contributed by atoms with van der Waals surface area (Å²) >= 11 is 0. The molecule has 0 atom stereocenters. The summed E-state index contributed by atoms with van der Waals surface area (Å²) in [4.78, 5) is 0. The van der Waals surface area contributed by atoms with Gasteiger partial charge >= 0.3 is 0 Å². The zero-order valence-electron chi connectivity index (χ0n) is 49.7. The van der Waals surface area contributed by atoms with Crippen LogP contribution in [0.25, 0.3) is 66.8 Å². The fraction of sp³-hybridized carbons (Fsp3) is 0.195. The van der Waals surface area contributed by atoms with Gasteiger partial charge < -0.3 is 0 Å². The van der Waals surface area contributed by atoms with E-state index in [1.165, 1.54) is 156 Å². The fourth-order valence-electron chi connectivity index (χ4n) is 14.0. The van der Waals surface area contributed by atoms with E-state index in [0.29, 0.717) is 0 Å². The first kappa shape index (κ1) is 52.8. The summed E-state index contributed by atoms with van der Waals surface area (Å²) in [7, 11) is 0. The van der Waals surface area contributed by atoms with Crippen LogP contribution in [0.3, 0.4) is 0 Å². The molecule has 0 saturated carbocycles. The van der Waals surface area contributed by atoms with Gasteiger partial charge in [-0.05, 0) is 264 Å². The minimum atomic E-state index is 1.09. The van der Waals surface area contributed by atoms with Crippen molar-refractivity contribution in [1.29, 1.82) is 0 Å². The van der Waals surface area contributed by atoms with Crippen molar-refractivity contribution in [3.05, 3.63) is 317 Å². The first-order valence-electron chi connectivity index (χ1n) is 29.8. The fourth-order valence-corrected chi connectivity index (χ4v) is 14.0. The maximum absolute atomic E-state index is 2.45. The van der Waals surface area contributed by atoms with E-state index in [-0.39, 0.29) is 0 Å². The van der Waals surface area contributed by atoms with E-state index in [9.17, 15) is 0 Å². The van der Waals surface area contributed by atoms with Crippen LogP contribution in [0.15, 0.2) is 194 Å². The van der Waals surface area contributed by atoms with Crippen molar-refractivity contribution in [3.8, 4) is 66.8 Å². The molecule has 0 heteroatoms. The molecule has 0 N–H and O–H groups in total. The van der Waals surface area contributed by atoms with E-state index in [0.717, 1.165) is 38.5 Å². The molecule has 0 radical (unpaired) electrons. The molecule has 17 rings (SSSR count). The molecule has 0 amide bonds. The van der Waals surface area contributed by atoms with Gasteiger partial charge in [0.2, 0.25) is 0 Å². The highest BCUT2D eigenvalue weighted by Gasteiger charge is 2.31. The van der Waals surface area contributed by atoms with Crippen LogP contribution in [0.4, 0.5) is 0 Å². The SMILES string of the molecule is Cc1ccc2c(c1)-c1cc(C)ccc1C2.Cc1ccc2c(c1)-c1cc3c(cc1C2)Cc1ccc(C)cc1-3.Cc1ccc2c(c1)-c1cccc(C)c1C2.Cc1ccc2c3c1Cc1ccc(C)c(c1-3)C2.Cc1cccc(-c2cccc(C)c2)c1. The van der Waals surface area contributed by atoms with E-state index in [4.69, 9.17) is 0 Å². The molecule has 0 aromatic heterocycles. The standard InChI is InChI=1S/C22H18.C16H14.2C15H14.C14H14/c1-13-3-5-15-9-17-11-18-10-16-6-4-14(2)8-20(16)22(18)12-21(17)19(15)7-13;1-9-3-5-11-8-14-10(2)4-6-12-7-13(9)15(11)16(12)14;1-10-3-5-12-9-13-6-4-11(2)8-15(13)14(12)7-10;1-10-6-7-12-9-14-11(2)4-3-5-13(14)15(12)8-10;1-11-5-3-7-13(9-11)14-8-4-6-12(2)10-14/h3-8,11-12H,9-10H2,1-2H3;3-6H,7-8H2,1-2H3;2*3-8H,9H2,1-2H3;3-10H,1-2H3. The Morgan fingerprint density at radius 1 is 0.195 bits per heavy atom. The van der Waals surface area contributed by atoms with Crippen molar-refractivity contribution < 1.29 is 0 Å². The third kappa shape index (κ3) is 9.98. The molecule has 0 heterocycles. The Morgan fingerprint density at radius 3 is 0.902 bits per heavy atom. The van der Waals surface area contributed by atoms with Crippen LogP contribution < -0.4 is 0 Å². The van der Waals surface area contributed by atoms with E-state index >= 15 is 0 Å². The highest BCUT2D eigenvalue weighted by molar-refractivity contribution is 5.89. The zero-order valence-corrected chi connectivity index (χ0v) is 49.7. The molecule has 6 aliphatic carbocycles. The number of aryl methyl sites for hydroxylation is 10. The molecular formula is C82H74. The summed E-state index contributed by atoms with van der Waals surface area (Å²) in [6.07, 6.45) is 6.69. The molecule has 0 saturated heterocycles. The minimum Gasteiger partial charge on any atom is -0.0614 e.